The quantitative estimate of drug-likeness (QED) is 0.0321. The van der Waals surface area contributed by atoms with Crippen molar-refractivity contribution in [2.24, 2.45) is 0 Å². The number of carbonyl (C=O) groups is 2. The van der Waals surface area contributed by atoms with Gasteiger partial charge < -0.3 is 20.3 Å². The fraction of sp³-hybridized carbons (Fsp3) is 0.934. The van der Waals surface area contributed by atoms with Crippen LogP contribution in [0.4, 0.5) is 0 Å². The average molecular weight is 947 g/mol. The topological polar surface area (TPSA) is 95.9 Å². The van der Waals surface area contributed by atoms with Crippen LogP contribution in [0.25, 0.3) is 0 Å². The molecule has 0 saturated heterocycles. The van der Waals surface area contributed by atoms with Gasteiger partial charge in [0.1, 0.15) is 0 Å². The summed E-state index contributed by atoms with van der Waals surface area (Å²) < 4.78 is 5.49. The maximum Gasteiger partial charge on any atom is 0.305 e. The van der Waals surface area contributed by atoms with Crippen LogP contribution in [0.15, 0.2) is 12.2 Å². The van der Waals surface area contributed by atoms with Crippen molar-refractivity contribution < 1.29 is 24.5 Å². The van der Waals surface area contributed by atoms with Gasteiger partial charge in [-0.2, -0.15) is 0 Å². The normalized spacial score (nSPS) is 12.6. The fourth-order valence-electron chi connectivity index (χ4n) is 9.64. The summed E-state index contributed by atoms with van der Waals surface area (Å²) in [5.74, 6) is -0.0319. The zero-order valence-electron chi connectivity index (χ0n) is 45.4. The molecule has 0 heterocycles. The lowest BCUT2D eigenvalue weighted by Crippen LogP contribution is -2.45. The van der Waals surface area contributed by atoms with E-state index in [2.05, 4.69) is 31.3 Å². The molecule has 67 heavy (non-hydrogen) atoms. The first-order valence-electron chi connectivity index (χ1n) is 30.4. The third-order valence-corrected chi connectivity index (χ3v) is 14.3. The van der Waals surface area contributed by atoms with Crippen molar-refractivity contribution in [2.75, 3.05) is 13.2 Å². The van der Waals surface area contributed by atoms with E-state index in [4.69, 9.17) is 4.74 Å². The van der Waals surface area contributed by atoms with Crippen molar-refractivity contribution in [3.8, 4) is 0 Å². The maximum atomic E-state index is 12.5. The molecule has 1 amide bonds. The molecule has 0 aromatic carbocycles. The standard InChI is InChI=1S/C61H119NO5/c1-3-5-7-9-11-13-15-17-19-22-27-31-35-39-43-47-51-55-61(66)67-56-52-48-44-40-36-32-28-24-21-20-23-26-30-34-38-42-46-50-54-60(65)62-58(57-63)59(64)53-49-45-41-37-33-29-25-18-16-14-12-10-8-6-4-2/h17,19,58-59,63-64H,3-16,18,20-57H2,1-2H3,(H,62,65)/b19-17-. The Bertz CT molecular complexity index is 1000. The number of rotatable bonds is 57. The van der Waals surface area contributed by atoms with Crippen LogP contribution >= 0.6 is 0 Å². The first-order chi connectivity index (χ1) is 33.0. The largest absolute Gasteiger partial charge is 0.466 e. The van der Waals surface area contributed by atoms with Crippen molar-refractivity contribution in [1.82, 2.24) is 5.32 Å². The van der Waals surface area contributed by atoms with Crippen LogP contribution in [0.2, 0.25) is 0 Å². The molecule has 0 spiro atoms. The number of hydrogen-bond donors (Lipinski definition) is 3. The highest BCUT2D eigenvalue weighted by Crippen LogP contribution is 2.18. The molecule has 0 aliphatic carbocycles. The molecule has 0 aromatic rings. The Morgan fingerprint density at radius 3 is 1.06 bits per heavy atom. The van der Waals surface area contributed by atoms with E-state index < -0.39 is 12.1 Å². The van der Waals surface area contributed by atoms with Crippen LogP contribution in [0.1, 0.15) is 341 Å². The Labute approximate surface area is 419 Å². The van der Waals surface area contributed by atoms with Gasteiger partial charge in [0.15, 0.2) is 0 Å². The summed E-state index contributed by atoms with van der Waals surface area (Å²) in [4.78, 5) is 24.6. The van der Waals surface area contributed by atoms with Gasteiger partial charge in [-0.25, -0.2) is 0 Å². The molecule has 0 rings (SSSR count). The smallest absolute Gasteiger partial charge is 0.305 e. The van der Waals surface area contributed by atoms with Crippen LogP contribution in [0.3, 0.4) is 0 Å². The number of unbranched alkanes of at least 4 members (excludes halogenated alkanes) is 44. The summed E-state index contributed by atoms with van der Waals surface area (Å²) in [6, 6.07) is -0.544. The van der Waals surface area contributed by atoms with E-state index in [0.717, 1.165) is 44.9 Å². The lowest BCUT2D eigenvalue weighted by Gasteiger charge is -2.22. The van der Waals surface area contributed by atoms with E-state index in [1.54, 1.807) is 0 Å². The van der Waals surface area contributed by atoms with Crippen molar-refractivity contribution in [2.45, 2.75) is 353 Å². The predicted octanol–water partition coefficient (Wildman–Crippen LogP) is 18.9. The Hall–Kier alpha value is -1.40. The number of amides is 1. The fourth-order valence-corrected chi connectivity index (χ4v) is 9.64. The van der Waals surface area contributed by atoms with Crippen LogP contribution in [0.5, 0.6) is 0 Å². The van der Waals surface area contributed by atoms with Gasteiger partial charge in [-0.05, 0) is 51.4 Å². The maximum absolute atomic E-state index is 12.5. The number of esters is 1. The molecule has 0 aliphatic heterocycles. The van der Waals surface area contributed by atoms with E-state index >= 15 is 0 Å². The number of allylic oxidation sites excluding steroid dienone is 2. The van der Waals surface area contributed by atoms with E-state index in [0.29, 0.717) is 25.9 Å². The van der Waals surface area contributed by atoms with E-state index in [9.17, 15) is 19.8 Å². The zero-order valence-corrected chi connectivity index (χ0v) is 45.4. The zero-order chi connectivity index (χ0) is 48.6. The van der Waals surface area contributed by atoms with Crippen LogP contribution < -0.4 is 5.32 Å². The molecule has 0 aromatic heterocycles. The summed E-state index contributed by atoms with van der Waals surface area (Å²) in [6.07, 6.45) is 67.8. The van der Waals surface area contributed by atoms with Gasteiger partial charge in [0.05, 0.1) is 25.4 Å². The first-order valence-corrected chi connectivity index (χ1v) is 30.4. The Morgan fingerprint density at radius 1 is 0.403 bits per heavy atom. The number of ether oxygens (including phenoxy) is 1. The minimum Gasteiger partial charge on any atom is -0.466 e. The summed E-state index contributed by atoms with van der Waals surface area (Å²) in [6.45, 7) is 4.96. The molecule has 0 bridgehead atoms. The van der Waals surface area contributed by atoms with Gasteiger partial charge in [0.2, 0.25) is 5.91 Å². The number of carbonyl (C=O) groups excluding carboxylic acids is 2. The van der Waals surface area contributed by atoms with Crippen molar-refractivity contribution in [3.05, 3.63) is 12.2 Å². The number of nitrogens with one attached hydrogen (secondary N) is 1. The lowest BCUT2D eigenvalue weighted by atomic mass is 10.0. The molecule has 3 N–H and O–H groups in total. The minimum atomic E-state index is -0.666. The third kappa shape index (κ3) is 53.8. The van der Waals surface area contributed by atoms with Gasteiger partial charge in [0, 0.05) is 12.8 Å². The first kappa shape index (κ1) is 65.6. The minimum absolute atomic E-state index is 0.00479. The van der Waals surface area contributed by atoms with Crippen molar-refractivity contribution >= 4 is 11.9 Å². The third-order valence-electron chi connectivity index (χ3n) is 14.3. The van der Waals surface area contributed by atoms with Crippen molar-refractivity contribution in [3.63, 3.8) is 0 Å². The molecule has 6 heteroatoms. The molecule has 0 radical (unpaired) electrons. The van der Waals surface area contributed by atoms with E-state index in [-0.39, 0.29) is 18.5 Å². The summed E-state index contributed by atoms with van der Waals surface area (Å²) in [5, 5.41) is 23.3. The highest BCUT2D eigenvalue weighted by Gasteiger charge is 2.20. The number of aliphatic hydroxyl groups is 2. The monoisotopic (exact) mass is 946 g/mol. The van der Waals surface area contributed by atoms with Crippen molar-refractivity contribution in [1.29, 1.82) is 0 Å². The Morgan fingerprint density at radius 2 is 0.701 bits per heavy atom. The van der Waals surface area contributed by atoms with Gasteiger partial charge in [-0.3, -0.25) is 9.59 Å². The van der Waals surface area contributed by atoms with Gasteiger partial charge in [-0.1, -0.05) is 289 Å². The second kappa shape index (κ2) is 57.2. The van der Waals surface area contributed by atoms with Gasteiger partial charge in [0.25, 0.3) is 0 Å². The highest BCUT2D eigenvalue weighted by atomic mass is 16.5. The lowest BCUT2D eigenvalue weighted by molar-refractivity contribution is -0.143. The van der Waals surface area contributed by atoms with Crippen LogP contribution in [-0.2, 0) is 14.3 Å². The molecular weight excluding hydrogens is 827 g/mol. The SMILES string of the molecule is CCCCCCCC/C=C\CCCCCCCCCC(=O)OCCCCCCCCCCCCCCCCCCCCC(=O)NC(CO)C(O)CCCCCCCCCCCCCCCCC. The molecule has 6 nitrogen and oxygen atoms in total. The number of hydrogen-bond acceptors (Lipinski definition) is 5. The van der Waals surface area contributed by atoms with Gasteiger partial charge >= 0.3 is 5.97 Å². The highest BCUT2D eigenvalue weighted by molar-refractivity contribution is 5.76. The number of aliphatic hydroxyl groups excluding tert-OH is 2. The summed E-state index contributed by atoms with van der Waals surface area (Å²) in [7, 11) is 0. The Balaban J connectivity index is 3.39. The molecule has 0 saturated carbocycles. The Kier molecular flexibility index (Phi) is 56.0. The predicted molar refractivity (Wildman–Crippen MR) is 292 cm³/mol. The second-order valence-corrected chi connectivity index (χ2v) is 21.0. The van der Waals surface area contributed by atoms with Crippen LogP contribution in [-0.4, -0.2) is 47.4 Å². The molecule has 0 fully saturated rings. The molecule has 2 unspecified atom stereocenters. The van der Waals surface area contributed by atoms with Crippen LogP contribution in [0, 0.1) is 0 Å². The van der Waals surface area contributed by atoms with E-state index in [1.165, 1.54) is 263 Å². The molecule has 398 valence electrons. The van der Waals surface area contributed by atoms with E-state index in [1.807, 2.05) is 0 Å². The molecular formula is C61H119NO5. The molecule has 2 atom stereocenters. The summed E-state index contributed by atoms with van der Waals surface area (Å²) in [5.41, 5.74) is 0. The van der Waals surface area contributed by atoms with Gasteiger partial charge in [-0.15, -0.1) is 0 Å². The second-order valence-electron chi connectivity index (χ2n) is 21.0. The molecule has 0 aliphatic rings. The average Bonchev–Trinajstić information content (AvgIpc) is 3.33. The summed E-state index contributed by atoms with van der Waals surface area (Å²) >= 11 is 0.